The monoisotopic (exact) mass is 278 g/mol. The van der Waals surface area contributed by atoms with E-state index in [-0.39, 0.29) is 0 Å². The van der Waals surface area contributed by atoms with Gasteiger partial charge in [-0.3, -0.25) is 0 Å². The Morgan fingerprint density at radius 3 is 2.31 bits per heavy atom. The normalized spacial score (nSPS) is 12.6. The minimum Gasteiger partial charge on any atom is -0.373 e. The zero-order valence-corrected chi connectivity index (χ0v) is 8.83. The molecule has 0 unspecified atom stereocenters. The van der Waals surface area contributed by atoms with Crippen LogP contribution < -0.4 is 4.18 Å². The van der Waals surface area contributed by atoms with Gasteiger partial charge < -0.3 is 4.18 Å². The Morgan fingerprint density at radius 1 is 1.25 bits per heavy atom. The fourth-order valence-electron chi connectivity index (χ4n) is 0.714. The highest BCUT2D eigenvalue weighted by molar-refractivity contribution is 7.88. The molecule has 0 fully saturated rings. The molecule has 9 heteroatoms. The van der Waals surface area contributed by atoms with Crippen LogP contribution in [-0.4, -0.2) is 13.9 Å². The Kier molecular flexibility index (Phi) is 3.34. The molecule has 1 aromatic carbocycles. The third-order valence-corrected chi connectivity index (χ3v) is 2.66. The van der Waals surface area contributed by atoms with Crippen molar-refractivity contribution in [3.8, 4) is 5.75 Å². The summed E-state index contributed by atoms with van der Waals surface area (Å²) in [4.78, 5) is 0. The second-order valence-electron chi connectivity index (χ2n) is 2.54. The molecule has 16 heavy (non-hydrogen) atoms. The van der Waals surface area contributed by atoms with E-state index in [2.05, 4.69) is 4.18 Å². The highest BCUT2D eigenvalue weighted by Crippen LogP contribution is 2.30. The maximum absolute atomic E-state index is 13.0. The predicted octanol–water partition coefficient (Wildman–Crippen LogP) is 2.71. The lowest BCUT2D eigenvalue weighted by Gasteiger charge is -2.10. The number of rotatable bonds is 2. The van der Waals surface area contributed by atoms with E-state index < -0.39 is 32.2 Å². The summed E-state index contributed by atoms with van der Waals surface area (Å²) in [6.45, 7) is 0. The van der Waals surface area contributed by atoms with Gasteiger partial charge in [-0.15, -0.1) is 0 Å². The zero-order valence-electron chi connectivity index (χ0n) is 7.25. The number of alkyl halides is 3. The molecule has 3 nitrogen and oxygen atoms in total. The van der Waals surface area contributed by atoms with Gasteiger partial charge in [-0.2, -0.15) is 21.6 Å². The maximum atomic E-state index is 13.0. The van der Waals surface area contributed by atoms with Gasteiger partial charge in [-0.1, -0.05) is 17.7 Å². The summed E-state index contributed by atoms with van der Waals surface area (Å²) in [5.41, 5.74) is -5.62. The van der Waals surface area contributed by atoms with Crippen molar-refractivity contribution >= 4 is 21.7 Å². The van der Waals surface area contributed by atoms with Crippen LogP contribution in [0.25, 0.3) is 0 Å². The van der Waals surface area contributed by atoms with E-state index in [1.165, 1.54) is 0 Å². The molecule has 1 rings (SSSR count). The molecule has 0 bridgehead atoms. The molecule has 0 amide bonds. The lowest BCUT2D eigenvalue weighted by molar-refractivity contribution is -0.0500. The number of benzene rings is 1. The molecule has 0 heterocycles. The van der Waals surface area contributed by atoms with E-state index in [4.69, 9.17) is 11.6 Å². The summed E-state index contributed by atoms with van der Waals surface area (Å²) in [6.07, 6.45) is 0. The van der Waals surface area contributed by atoms with Gasteiger partial charge >= 0.3 is 15.6 Å². The van der Waals surface area contributed by atoms with Crippen LogP contribution in [0.1, 0.15) is 0 Å². The van der Waals surface area contributed by atoms with Crippen molar-refractivity contribution in [3.63, 3.8) is 0 Å². The molecular weight excluding hydrogens is 276 g/mol. The average Bonchev–Trinajstić information content (AvgIpc) is 2.11. The Hall–Kier alpha value is -1.02. The molecule has 0 radical (unpaired) electrons. The summed E-state index contributed by atoms with van der Waals surface area (Å²) in [7, 11) is -5.89. The Labute approximate surface area is 92.7 Å². The van der Waals surface area contributed by atoms with Crippen LogP contribution in [0.5, 0.6) is 5.75 Å². The van der Waals surface area contributed by atoms with Crippen LogP contribution in [0.15, 0.2) is 18.2 Å². The molecule has 90 valence electrons. The maximum Gasteiger partial charge on any atom is 0.534 e. The molecule has 0 aliphatic heterocycles. The smallest absolute Gasteiger partial charge is 0.373 e. The van der Waals surface area contributed by atoms with E-state index in [1.54, 1.807) is 0 Å². The quantitative estimate of drug-likeness (QED) is 0.475. The van der Waals surface area contributed by atoms with Gasteiger partial charge in [0.1, 0.15) is 0 Å². The molecule has 1 aromatic rings. The summed E-state index contributed by atoms with van der Waals surface area (Å²) in [6, 6.07) is 2.79. The first-order valence-electron chi connectivity index (χ1n) is 3.60. The lowest BCUT2D eigenvalue weighted by atomic mass is 10.3. The first-order valence-corrected chi connectivity index (χ1v) is 5.38. The standard InChI is InChI=1S/C7H3ClF4O3S/c8-4-2-1-3-5(6(4)9)15-16(13,14)7(10,11)12/h1-3H. The van der Waals surface area contributed by atoms with Crippen LogP contribution in [0.4, 0.5) is 17.6 Å². The Balaban J connectivity index is 3.12. The van der Waals surface area contributed by atoms with Gasteiger partial charge in [0, 0.05) is 0 Å². The fraction of sp³-hybridized carbons (Fsp3) is 0.143. The third kappa shape index (κ3) is 2.56. The van der Waals surface area contributed by atoms with Crippen molar-refractivity contribution < 1.29 is 30.2 Å². The van der Waals surface area contributed by atoms with Crippen molar-refractivity contribution in [2.45, 2.75) is 5.51 Å². The highest BCUT2D eigenvalue weighted by atomic mass is 35.5. The van der Waals surface area contributed by atoms with Crippen LogP contribution in [0.3, 0.4) is 0 Å². The molecule has 0 N–H and O–H groups in total. The summed E-state index contributed by atoms with van der Waals surface area (Å²) in [5.74, 6) is -2.48. The molecule has 0 saturated heterocycles. The molecule has 0 saturated carbocycles. The van der Waals surface area contributed by atoms with Crippen molar-refractivity contribution in [1.82, 2.24) is 0 Å². The second kappa shape index (κ2) is 4.10. The first kappa shape index (κ1) is 13.0. The largest absolute Gasteiger partial charge is 0.534 e. The SMILES string of the molecule is O=S(=O)(Oc1cccc(Cl)c1F)C(F)(F)F. The zero-order chi connectivity index (χ0) is 12.6. The Bertz CT molecular complexity index is 497. The minimum absolute atomic E-state index is 0.546. The molecule has 0 spiro atoms. The van der Waals surface area contributed by atoms with Gasteiger partial charge in [-0.05, 0) is 12.1 Å². The van der Waals surface area contributed by atoms with Gasteiger partial charge in [0.25, 0.3) is 0 Å². The summed E-state index contributed by atoms with van der Waals surface area (Å²) < 4.78 is 73.3. The van der Waals surface area contributed by atoms with Crippen LogP contribution >= 0.6 is 11.6 Å². The van der Waals surface area contributed by atoms with Crippen LogP contribution in [-0.2, 0) is 10.1 Å². The lowest BCUT2D eigenvalue weighted by Crippen LogP contribution is -2.28. The number of hydrogen-bond donors (Lipinski definition) is 0. The topological polar surface area (TPSA) is 43.4 Å². The van der Waals surface area contributed by atoms with E-state index in [0.29, 0.717) is 6.07 Å². The van der Waals surface area contributed by atoms with Gasteiger partial charge in [0.15, 0.2) is 11.6 Å². The molecule has 0 aliphatic rings. The number of hydrogen-bond acceptors (Lipinski definition) is 3. The fourth-order valence-corrected chi connectivity index (χ4v) is 1.34. The first-order chi connectivity index (χ1) is 7.15. The van der Waals surface area contributed by atoms with E-state index in [0.717, 1.165) is 12.1 Å². The Morgan fingerprint density at radius 2 is 1.81 bits per heavy atom. The van der Waals surface area contributed by atoms with E-state index in [9.17, 15) is 26.0 Å². The summed E-state index contributed by atoms with van der Waals surface area (Å²) >= 11 is 5.23. The van der Waals surface area contributed by atoms with E-state index >= 15 is 0 Å². The van der Waals surface area contributed by atoms with Crippen molar-refractivity contribution in [2.24, 2.45) is 0 Å². The van der Waals surface area contributed by atoms with Crippen LogP contribution in [0, 0.1) is 5.82 Å². The second-order valence-corrected chi connectivity index (χ2v) is 4.48. The highest BCUT2D eigenvalue weighted by Gasteiger charge is 2.48. The molecule has 0 aliphatic carbocycles. The van der Waals surface area contributed by atoms with Gasteiger partial charge in [-0.25, -0.2) is 4.39 Å². The minimum atomic E-state index is -5.89. The predicted molar refractivity (Wildman–Crippen MR) is 47.0 cm³/mol. The number of halogens is 5. The molecule has 0 atom stereocenters. The molecular formula is C7H3ClF4O3S. The summed E-state index contributed by atoms with van der Waals surface area (Å²) in [5, 5.41) is -0.546. The average molecular weight is 279 g/mol. The van der Waals surface area contributed by atoms with Gasteiger partial charge in [0.2, 0.25) is 0 Å². The van der Waals surface area contributed by atoms with Gasteiger partial charge in [0.05, 0.1) is 5.02 Å². The third-order valence-electron chi connectivity index (χ3n) is 1.40. The van der Waals surface area contributed by atoms with Crippen molar-refractivity contribution in [1.29, 1.82) is 0 Å². The van der Waals surface area contributed by atoms with E-state index in [1.807, 2.05) is 0 Å². The van der Waals surface area contributed by atoms with Crippen molar-refractivity contribution in [3.05, 3.63) is 29.0 Å². The van der Waals surface area contributed by atoms with Crippen LogP contribution in [0.2, 0.25) is 5.02 Å². The van der Waals surface area contributed by atoms with Crippen molar-refractivity contribution in [2.75, 3.05) is 0 Å². The molecule has 0 aromatic heterocycles.